The number of carbonyl (C=O) groups excluding carboxylic acids is 1. The van der Waals surface area contributed by atoms with Crippen molar-refractivity contribution in [3.8, 4) is 0 Å². The first-order valence-corrected chi connectivity index (χ1v) is 11.2. The number of aromatic nitrogens is 1. The lowest BCUT2D eigenvalue weighted by Gasteiger charge is -2.38. The zero-order chi connectivity index (χ0) is 22.4. The van der Waals surface area contributed by atoms with Gasteiger partial charge in [-0.1, -0.05) is 43.3 Å². The maximum atomic E-state index is 10.9. The summed E-state index contributed by atoms with van der Waals surface area (Å²) >= 11 is 7.85. The topological polar surface area (TPSA) is 89.7 Å². The van der Waals surface area contributed by atoms with Gasteiger partial charge in [0.1, 0.15) is 6.61 Å². The second-order valence-electron chi connectivity index (χ2n) is 7.50. The molecule has 0 bridgehead atoms. The van der Waals surface area contributed by atoms with Crippen LogP contribution in [0.1, 0.15) is 26.3 Å². The molecule has 31 heavy (non-hydrogen) atoms. The van der Waals surface area contributed by atoms with Crippen LogP contribution in [0.25, 0.3) is 0 Å². The fraction of sp³-hybridized carbons (Fsp3) is 0.364. The molecule has 1 aliphatic heterocycles. The van der Waals surface area contributed by atoms with Crippen LogP contribution in [-0.2, 0) is 16.0 Å². The highest BCUT2D eigenvalue weighted by atomic mass is 35.5. The predicted molar refractivity (Wildman–Crippen MR) is 122 cm³/mol. The van der Waals surface area contributed by atoms with Gasteiger partial charge in [0, 0.05) is 41.5 Å². The number of thioether (sulfide) groups is 1. The third kappa shape index (κ3) is 6.06. The van der Waals surface area contributed by atoms with Crippen molar-refractivity contribution in [2.45, 2.75) is 38.1 Å². The van der Waals surface area contributed by atoms with E-state index in [1.807, 2.05) is 43.3 Å². The maximum absolute atomic E-state index is 10.9. The Morgan fingerprint density at radius 3 is 2.68 bits per heavy atom. The number of pyridine rings is 1. The van der Waals surface area contributed by atoms with E-state index in [2.05, 4.69) is 29.0 Å². The molecular formula is C22H27ClN4O3S. The van der Waals surface area contributed by atoms with Gasteiger partial charge in [-0.15, -0.1) is 0 Å². The minimum absolute atomic E-state index is 0.0729. The second-order valence-corrected chi connectivity index (χ2v) is 9.00. The van der Waals surface area contributed by atoms with Crippen LogP contribution in [-0.4, -0.2) is 35.0 Å². The summed E-state index contributed by atoms with van der Waals surface area (Å²) in [6.45, 7) is 7.10. The van der Waals surface area contributed by atoms with Crippen LogP contribution in [0, 0.1) is 5.92 Å². The van der Waals surface area contributed by atoms with Gasteiger partial charge in [-0.2, -0.15) is 0 Å². The Morgan fingerprint density at radius 2 is 2.03 bits per heavy atom. The van der Waals surface area contributed by atoms with Crippen LogP contribution >= 0.6 is 23.4 Å². The van der Waals surface area contributed by atoms with Crippen molar-refractivity contribution < 1.29 is 14.3 Å². The standard InChI is InChI=1S/C22H27ClN4O3S/c1-15(2)19-20(31-18-6-4-5-17(23)13-18)27(14-16-7-9-25-10-8-16)22(3,26-19)30-12-11-29-21(24)28/h4-10,13,15,26H,11-12,14H2,1-3H3,(H2,24,28). The molecule has 1 aromatic carbocycles. The average molecular weight is 463 g/mol. The highest BCUT2D eigenvalue weighted by Crippen LogP contribution is 2.43. The zero-order valence-electron chi connectivity index (χ0n) is 17.8. The van der Waals surface area contributed by atoms with Gasteiger partial charge in [-0.05, 0) is 41.8 Å². The minimum Gasteiger partial charge on any atom is -0.447 e. The summed E-state index contributed by atoms with van der Waals surface area (Å²) in [5.74, 6) is -0.612. The molecular weight excluding hydrogens is 436 g/mol. The molecule has 1 unspecified atom stereocenters. The van der Waals surface area contributed by atoms with Gasteiger partial charge in [-0.25, -0.2) is 4.79 Å². The largest absolute Gasteiger partial charge is 0.447 e. The number of hydrogen-bond acceptors (Lipinski definition) is 7. The number of nitrogens with zero attached hydrogens (tertiary/aromatic N) is 2. The molecule has 3 N–H and O–H groups in total. The van der Waals surface area contributed by atoms with Crippen molar-refractivity contribution in [1.29, 1.82) is 0 Å². The number of amides is 1. The number of ether oxygens (including phenoxy) is 2. The Hall–Kier alpha value is -2.42. The molecule has 2 heterocycles. The predicted octanol–water partition coefficient (Wildman–Crippen LogP) is 4.54. The molecule has 0 fully saturated rings. The number of carbonyl (C=O) groups is 1. The molecule has 0 radical (unpaired) electrons. The van der Waals surface area contributed by atoms with Gasteiger partial charge in [0.25, 0.3) is 0 Å². The van der Waals surface area contributed by atoms with Gasteiger partial charge >= 0.3 is 6.09 Å². The summed E-state index contributed by atoms with van der Waals surface area (Å²) in [5.41, 5.74) is 7.22. The number of rotatable bonds is 9. The third-order valence-electron chi connectivity index (χ3n) is 4.75. The smallest absolute Gasteiger partial charge is 0.404 e. The Bertz CT molecular complexity index is 941. The molecule has 1 aromatic heterocycles. The molecule has 1 aliphatic rings. The van der Waals surface area contributed by atoms with E-state index in [0.717, 1.165) is 21.2 Å². The van der Waals surface area contributed by atoms with Crippen molar-refractivity contribution in [2.24, 2.45) is 11.7 Å². The summed E-state index contributed by atoms with van der Waals surface area (Å²) in [6, 6.07) is 11.7. The van der Waals surface area contributed by atoms with E-state index < -0.39 is 11.9 Å². The van der Waals surface area contributed by atoms with E-state index in [-0.39, 0.29) is 19.1 Å². The summed E-state index contributed by atoms with van der Waals surface area (Å²) < 4.78 is 11.0. The van der Waals surface area contributed by atoms with Crippen LogP contribution < -0.4 is 11.1 Å². The Labute approximate surface area is 191 Å². The number of benzene rings is 1. The number of allylic oxidation sites excluding steroid dienone is 1. The number of nitrogens with two attached hydrogens (primary N) is 1. The Balaban J connectivity index is 1.91. The van der Waals surface area contributed by atoms with Crippen molar-refractivity contribution >= 4 is 29.5 Å². The SMILES string of the molecule is CC(C)C1=C(Sc2cccc(Cl)c2)N(Cc2ccncc2)C(C)(OCCOC(N)=O)N1. The number of hydrogen-bond donors (Lipinski definition) is 2. The number of primary amides is 1. The normalized spacial score (nSPS) is 18.4. The monoisotopic (exact) mass is 462 g/mol. The molecule has 3 rings (SSSR count). The fourth-order valence-electron chi connectivity index (χ4n) is 3.24. The summed E-state index contributed by atoms with van der Waals surface area (Å²) in [6.07, 6.45) is 2.73. The number of nitrogens with one attached hydrogen (secondary N) is 1. The zero-order valence-corrected chi connectivity index (χ0v) is 19.4. The van der Waals surface area contributed by atoms with Crippen LogP contribution in [0.3, 0.4) is 0 Å². The fourth-order valence-corrected chi connectivity index (χ4v) is 4.80. The summed E-state index contributed by atoms with van der Waals surface area (Å²) in [7, 11) is 0. The van der Waals surface area contributed by atoms with Gasteiger partial charge in [-0.3, -0.25) is 4.98 Å². The lowest BCUT2D eigenvalue weighted by atomic mass is 10.1. The van der Waals surface area contributed by atoms with Crippen LogP contribution in [0.15, 0.2) is 64.4 Å². The average Bonchev–Trinajstić information content (AvgIpc) is 2.99. The van der Waals surface area contributed by atoms with Gasteiger partial charge in [0.15, 0.2) is 0 Å². The quantitative estimate of drug-likeness (QED) is 0.528. The molecule has 0 aliphatic carbocycles. The lowest BCUT2D eigenvalue weighted by molar-refractivity contribution is -0.141. The second kappa shape index (κ2) is 10.3. The van der Waals surface area contributed by atoms with E-state index in [1.165, 1.54) is 0 Å². The van der Waals surface area contributed by atoms with Crippen LogP contribution in [0.5, 0.6) is 0 Å². The van der Waals surface area contributed by atoms with E-state index in [0.29, 0.717) is 11.6 Å². The molecule has 7 nitrogen and oxygen atoms in total. The maximum Gasteiger partial charge on any atom is 0.404 e. The molecule has 166 valence electrons. The molecule has 0 saturated carbocycles. The summed E-state index contributed by atoms with van der Waals surface area (Å²) in [5, 5.41) is 5.29. The molecule has 1 amide bonds. The van der Waals surface area contributed by atoms with E-state index in [9.17, 15) is 4.79 Å². The minimum atomic E-state index is -0.842. The number of halogens is 1. The van der Waals surface area contributed by atoms with Gasteiger partial charge in [0.2, 0.25) is 5.85 Å². The molecule has 0 saturated heterocycles. The highest BCUT2D eigenvalue weighted by molar-refractivity contribution is 8.03. The molecule has 9 heteroatoms. The molecule has 0 spiro atoms. The third-order valence-corrected chi connectivity index (χ3v) is 6.10. The van der Waals surface area contributed by atoms with Gasteiger partial charge < -0.3 is 25.4 Å². The van der Waals surface area contributed by atoms with Crippen molar-refractivity contribution in [3.63, 3.8) is 0 Å². The van der Waals surface area contributed by atoms with Crippen LogP contribution in [0.2, 0.25) is 5.02 Å². The first-order valence-electron chi connectivity index (χ1n) is 9.97. The van der Waals surface area contributed by atoms with E-state index >= 15 is 0 Å². The van der Waals surface area contributed by atoms with Crippen molar-refractivity contribution in [3.05, 3.63) is 70.1 Å². The van der Waals surface area contributed by atoms with Gasteiger partial charge in [0.05, 0.1) is 11.6 Å². The lowest BCUT2D eigenvalue weighted by Crippen LogP contribution is -2.52. The Morgan fingerprint density at radius 1 is 1.29 bits per heavy atom. The van der Waals surface area contributed by atoms with E-state index in [1.54, 1.807) is 24.2 Å². The molecule has 2 aromatic rings. The van der Waals surface area contributed by atoms with Crippen LogP contribution in [0.4, 0.5) is 4.79 Å². The molecule has 1 atom stereocenters. The first kappa shape index (κ1) is 23.2. The van der Waals surface area contributed by atoms with Crippen molar-refractivity contribution in [1.82, 2.24) is 15.2 Å². The first-order chi connectivity index (χ1) is 14.8. The summed E-state index contributed by atoms with van der Waals surface area (Å²) in [4.78, 5) is 18.2. The van der Waals surface area contributed by atoms with E-state index in [4.69, 9.17) is 26.8 Å². The Kier molecular flexibility index (Phi) is 7.69. The van der Waals surface area contributed by atoms with Crippen molar-refractivity contribution in [2.75, 3.05) is 13.2 Å². The highest BCUT2D eigenvalue weighted by Gasteiger charge is 2.43.